The van der Waals surface area contributed by atoms with Gasteiger partial charge in [-0.05, 0) is 42.5 Å². The summed E-state index contributed by atoms with van der Waals surface area (Å²) in [6.45, 7) is 0.227. The van der Waals surface area contributed by atoms with E-state index in [0.29, 0.717) is 17.1 Å². The summed E-state index contributed by atoms with van der Waals surface area (Å²) >= 11 is 0. The normalized spacial score (nSPS) is 11.0. The number of allylic oxidation sites excluding steroid dienone is 1. The van der Waals surface area contributed by atoms with Gasteiger partial charge >= 0.3 is 5.69 Å². The number of hydrogen-bond donors (Lipinski definition) is 1. The van der Waals surface area contributed by atoms with Crippen molar-refractivity contribution in [1.82, 2.24) is 9.78 Å². The fourth-order valence-corrected chi connectivity index (χ4v) is 2.35. The highest BCUT2D eigenvalue weighted by molar-refractivity contribution is 6.07. The number of aromatic hydroxyl groups is 1. The number of carbonyl (C=O) groups excluding carboxylic acids is 1. The molecule has 3 aromatic rings. The third-order valence-corrected chi connectivity index (χ3v) is 3.69. The molecule has 0 unspecified atom stereocenters. The van der Waals surface area contributed by atoms with Crippen molar-refractivity contribution in [1.29, 1.82) is 0 Å². The molecule has 27 heavy (non-hydrogen) atoms. The highest BCUT2D eigenvalue weighted by Gasteiger charge is 2.11. The number of aromatic nitrogens is 2. The minimum absolute atomic E-state index is 0.0486. The van der Waals surface area contributed by atoms with Gasteiger partial charge in [-0.2, -0.15) is 5.10 Å². The fraction of sp³-hybridized carbons (Fsp3) is 0.111. The molecule has 0 spiro atoms. The first-order valence-corrected chi connectivity index (χ1v) is 7.81. The van der Waals surface area contributed by atoms with Crippen LogP contribution in [0.1, 0.15) is 21.9 Å². The Balaban J connectivity index is 1.67. The van der Waals surface area contributed by atoms with Gasteiger partial charge in [0.05, 0.1) is 18.6 Å². The second-order valence-corrected chi connectivity index (χ2v) is 5.54. The standard InChI is InChI=1S/C18H15N3O6/c1-26-18-8-12(2-6-17(18)23)16(22)7-5-14-3-4-15(27-14)11-20-10-13(9-19-20)21(24)25/h2-10,23H,11H2,1H3/b7-5+. The lowest BCUT2D eigenvalue weighted by Crippen LogP contribution is -1.98. The largest absolute Gasteiger partial charge is 0.504 e. The van der Waals surface area contributed by atoms with Gasteiger partial charge in [0, 0.05) is 5.56 Å². The average Bonchev–Trinajstić information content (AvgIpc) is 3.30. The molecular weight excluding hydrogens is 354 g/mol. The number of ketones is 1. The SMILES string of the molecule is COc1cc(C(=O)/C=C/c2ccc(Cn3cc([N+](=O)[O-])cn3)o2)ccc1O. The predicted molar refractivity (Wildman–Crippen MR) is 94.7 cm³/mol. The van der Waals surface area contributed by atoms with Crippen molar-refractivity contribution in [3.05, 3.63) is 76.0 Å². The molecular formula is C18H15N3O6. The van der Waals surface area contributed by atoms with E-state index in [1.54, 1.807) is 12.1 Å². The number of rotatable bonds is 7. The Morgan fingerprint density at radius 1 is 1.41 bits per heavy atom. The van der Waals surface area contributed by atoms with Crippen molar-refractivity contribution >= 4 is 17.5 Å². The first-order valence-electron chi connectivity index (χ1n) is 7.81. The Morgan fingerprint density at radius 3 is 2.93 bits per heavy atom. The van der Waals surface area contributed by atoms with Crippen LogP contribution < -0.4 is 4.74 Å². The molecule has 0 saturated heterocycles. The van der Waals surface area contributed by atoms with E-state index >= 15 is 0 Å². The van der Waals surface area contributed by atoms with Gasteiger partial charge in [-0.15, -0.1) is 0 Å². The topological polar surface area (TPSA) is 121 Å². The molecule has 2 aromatic heterocycles. The van der Waals surface area contributed by atoms with Crippen LogP contribution in [0.25, 0.3) is 6.08 Å². The van der Waals surface area contributed by atoms with Crippen LogP contribution in [-0.4, -0.2) is 32.7 Å². The molecule has 0 atom stereocenters. The number of ether oxygens (including phenoxy) is 1. The summed E-state index contributed by atoms with van der Waals surface area (Å²) in [5, 5.41) is 24.1. The van der Waals surface area contributed by atoms with Gasteiger partial charge in [0.25, 0.3) is 0 Å². The van der Waals surface area contributed by atoms with E-state index < -0.39 is 4.92 Å². The van der Waals surface area contributed by atoms with Crippen LogP contribution in [0.5, 0.6) is 11.5 Å². The molecule has 1 aromatic carbocycles. The van der Waals surface area contributed by atoms with E-state index in [-0.39, 0.29) is 29.5 Å². The number of hydrogen-bond acceptors (Lipinski definition) is 7. The number of phenols is 1. The third kappa shape index (κ3) is 4.21. The Kier molecular flexibility index (Phi) is 5.02. The summed E-state index contributed by atoms with van der Waals surface area (Å²) in [5.41, 5.74) is 0.258. The van der Waals surface area contributed by atoms with Crippen LogP contribution in [-0.2, 0) is 6.54 Å². The van der Waals surface area contributed by atoms with Crippen LogP contribution in [0.3, 0.4) is 0 Å². The number of phenolic OH excluding ortho intramolecular Hbond substituents is 1. The number of methoxy groups -OCH3 is 1. The minimum Gasteiger partial charge on any atom is -0.504 e. The van der Waals surface area contributed by atoms with E-state index in [2.05, 4.69) is 5.10 Å². The summed E-state index contributed by atoms with van der Waals surface area (Å²) < 4.78 is 11.9. The number of furan rings is 1. The summed E-state index contributed by atoms with van der Waals surface area (Å²) in [6.07, 6.45) is 5.32. The van der Waals surface area contributed by atoms with Gasteiger partial charge in [-0.3, -0.25) is 19.6 Å². The quantitative estimate of drug-likeness (QED) is 0.294. The summed E-state index contributed by atoms with van der Waals surface area (Å²) in [4.78, 5) is 22.4. The molecule has 0 fully saturated rings. The summed E-state index contributed by atoms with van der Waals surface area (Å²) in [5.74, 6) is 0.863. The predicted octanol–water partition coefficient (Wildman–Crippen LogP) is 3.04. The van der Waals surface area contributed by atoms with Gasteiger partial charge in [0.2, 0.25) is 0 Å². The van der Waals surface area contributed by atoms with Gasteiger partial charge < -0.3 is 14.3 Å². The fourth-order valence-electron chi connectivity index (χ4n) is 2.35. The molecule has 0 amide bonds. The number of benzene rings is 1. The molecule has 9 nitrogen and oxygen atoms in total. The van der Waals surface area contributed by atoms with Crippen molar-refractivity contribution in [2.24, 2.45) is 0 Å². The van der Waals surface area contributed by atoms with Crippen LogP contribution in [0, 0.1) is 10.1 Å². The zero-order valence-electron chi connectivity index (χ0n) is 14.2. The molecule has 3 rings (SSSR count). The minimum atomic E-state index is -0.524. The molecule has 0 aliphatic carbocycles. The van der Waals surface area contributed by atoms with Crippen molar-refractivity contribution in [2.75, 3.05) is 7.11 Å². The molecule has 1 N–H and O–H groups in total. The second kappa shape index (κ2) is 7.56. The maximum Gasteiger partial charge on any atom is 0.307 e. The van der Waals surface area contributed by atoms with Gasteiger partial charge in [-0.25, -0.2) is 0 Å². The number of carbonyl (C=O) groups is 1. The molecule has 138 valence electrons. The maximum atomic E-state index is 12.2. The Morgan fingerprint density at radius 2 is 2.22 bits per heavy atom. The lowest BCUT2D eigenvalue weighted by atomic mass is 10.1. The Hall–Kier alpha value is -3.88. The van der Waals surface area contributed by atoms with Crippen molar-refractivity contribution in [3.8, 4) is 11.5 Å². The van der Waals surface area contributed by atoms with Gasteiger partial charge in [0.1, 0.15) is 23.9 Å². The first-order chi connectivity index (χ1) is 13.0. The van der Waals surface area contributed by atoms with Crippen molar-refractivity contribution in [2.45, 2.75) is 6.54 Å². The highest BCUT2D eigenvalue weighted by atomic mass is 16.6. The third-order valence-electron chi connectivity index (χ3n) is 3.69. The van der Waals surface area contributed by atoms with Crippen molar-refractivity contribution < 1.29 is 24.0 Å². The molecule has 0 aliphatic heterocycles. The van der Waals surface area contributed by atoms with Crippen molar-refractivity contribution in [3.63, 3.8) is 0 Å². The molecule has 0 bridgehead atoms. The second-order valence-electron chi connectivity index (χ2n) is 5.54. The molecule has 0 aliphatic rings. The summed E-state index contributed by atoms with van der Waals surface area (Å²) in [6, 6.07) is 7.69. The van der Waals surface area contributed by atoms with Crippen LogP contribution in [0.2, 0.25) is 0 Å². The summed E-state index contributed by atoms with van der Waals surface area (Å²) in [7, 11) is 1.40. The van der Waals surface area contributed by atoms with E-state index in [1.807, 2.05) is 0 Å². The molecule has 9 heteroatoms. The van der Waals surface area contributed by atoms with Crippen LogP contribution >= 0.6 is 0 Å². The number of nitro groups is 1. The van der Waals surface area contributed by atoms with Crippen LogP contribution in [0.4, 0.5) is 5.69 Å². The monoisotopic (exact) mass is 369 g/mol. The average molecular weight is 369 g/mol. The Labute approximate surface area is 153 Å². The zero-order valence-corrected chi connectivity index (χ0v) is 14.2. The van der Waals surface area contributed by atoms with Gasteiger partial charge in [0.15, 0.2) is 17.3 Å². The smallest absolute Gasteiger partial charge is 0.307 e. The van der Waals surface area contributed by atoms with E-state index in [1.165, 1.54) is 48.3 Å². The zero-order chi connectivity index (χ0) is 19.4. The lowest BCUT2D eigenvalue weighted by Gasteiger charge is -2.04. The lowest BCUT2D eigenvalue weighted by molar-refractivity contribution is -0.385. The maximum absolute atomic E-state index is 12.2. The number of nitrogens with zero attached hydrogens (tertiary/aromatic N) is 3. The molecule has 2 heterocycles. The van der Waals surface area contributed by atoms with E-state index in [0.717, 1.165) is 6.20 Å². The Bertz CT molecular complexity index is 1020. The highest BCUT2D eigenvalue weighted by Crippen LogP contribution is 2.26. The van der Waals surface area contributed by atoms with E-state index in [4.69, 9.17) is 9.15 Å². The van der Waals surface area contributed by atoms with Gasteiger partial charge in [-0.1, -0.05) is 0 Å². The molecule has 0 radical (unpaired) electrons. The van der Waals surface area contributed by atoms with E-state index in [9.17, 15) is 20.0 Å². The first kappa shape index (κ1) is 17.9. The van der Waals surface area contributed by atoms with Crippen LogP contribution in [0.15, 0.2) is 53.2 Å². The molecule has 0 saturated carbocycles.